The third kappa shape index (κ3) is 2.37. The van der Waals surface area contributed by atoms with E-state index in [-0.39, 0.29) is 0 Å². The Morgan fingerprint density at radius 1 is 1.38 bits per heavy atom. The number of aromatic nitrogens is 2. The van der Waals surface area contributed by atoms with Crippen LogP contribution < -0.4 is 10.5 Å². The highest BCUT2D eigenvalue weighted by Gasteiger charge is 2.06. The molecule has 0 fully saturated rings. The Labute approximate surface area is 98.3 Å². The molecular formula is C11H13N3OS. The quantitative estimate of drug-likeness (QED) is 0.887. The average Bonchev–Trinajstić information content (AvgIpc) is 2.67. The normalized spacial score (nSPS) is 10.4. The molecule has 0 unspecified atom stereocenters. The van der Waals surface area contributed by atoms with Crippen molar-refractivity contribution in [3.05, 3.63) is 35.2 Å². The molecule has 1 aromatic carbocycles. The maximum Gasteiger partial charge on any atom is 0.298 e. The molecule has 1 heterocycles. The molecule has 0 atom stereocenters. The SMILES string of the molecule is Cc1nsc(Oc2cc(CN)ccc2C)n1. The molecule has 0 aliphatic rings. The summed E-state index contributed by atoms with van der Waals surface area (Å²) in [5.74, 6) is 1.52. The predicted octanol–water partition coefficient (Wildman–Crippen LogP) is 2.41. The van der Waals surface area contributed by atoms with Gasteiger partial charge in [-0.1, -0.05) is 12.1 Å². The highest BCUT2D eigenvalue weighted by Crippen LogP contribution is 2.27. The predicted molar refractivity (Wildman–Crippen MR) is 63.8 cm³/mol. The Morgan fingerprint density at radius 2 is 2.19 bits per heavy atom. The fourth-order valence-electron chi connectivity index (χ4n) is 1.29. The van der Waals surface area contributed by atoms with Gasteiger partial charge in [0.15, 0.2) is 0 Å². The van der Waals surface area contributed by atoms with Gasteiger partial charge in [0.2, 0.25) is 0 Å². The number of rotatable bonds is 3. The lowest BCUT2D eigenvalue weighted by Gasteiger charge is -2.06. The largest absolute Gasteiger partial charge is 0.430 e. The van der Waals surface area contributed by atoms with Gasteiger partial charge in [-0.05, 0) is 31.0 Å². The van der Waals surface area contributed by atoms with Gasteiger partial charge in [-0.2, -0.15) is 9.36 Å². The van der Waals surface area contributed by atoms with E-state index in [1.807, 2.05) is 32.0 Å². The molecule has 84 valence electrons. The Morgan fingerprint density at radius 3 is 2.81 bits per heavy atom. The lowest BCUT2D eigenvalue weighted by Crippen LogP contribution is -1.97. The molecule has 16 heavy (non-hydrogen) atoms. The molecule has 5 heteroatoms. The first kappa shape index (κ1) is 11.0. The lowest BCUT2D eigenvalue weighted by molar-refractivity contribution is 0.473. The van der Waals surface area contributed by atoms with Crippen LogP contribution in [0.3, 0.4) is 0 Å². The zero-order valence-corrected chi connectivity index (χ0v) is 10.0. The van der Waals surface area contributed by atoms with E-state index < -0.39 is 0 Å². The van der Waals surface area contributed by atoms with E-state index >= 15 is 0 Å². The van der Waals surface area contributed by atoms with Crippen LogP contribution in [-0.2, 0) is 6.54 Å². The molecule has 0 spiro atoms. The van der Waals surface area contributed by atoms with Crippen molar-refractivity contribution < 1.29 is 4.74 Å². The minimum Gasteiger partial charge on any atom is -0.430 e. The van der Waals surface area contributed by atoms with Gasteiger partial charge < -0.3 is 10.5 Å². The van der Waals surface area contributed by atoms with Crippen LogP contribution in [-0.4, -0.2) is 9.36 Å². The fraction of sp³-hybridized carbons (Fsp3) is 0.273. The van der Waals surface area contributed by atoms with Gasteiger partial charge in [0.05, 0.1) is 0 Å². The third-order valence-corrected chi connectivity index (χ3v) is 2.88. The molecule has 0 aliphatic heterocycles. The molecular weight excluding hydrogens is 222 g/mol. The van der Waals surface area contributed by atoms with Gasteiger partial charge in [0.25, 0.3) is 5.19 Å². The van der Waals surface area contributed by atoms with E-state index in [1.165, 1.54) is 11.5 Å². The summed E-state index contributed by atoms with van der Waals surface area (Å²) in [4.78, 5) is 4.16. The zero-order valence-electron chi connectivity index (χ0n) is 9.23. The minimum atomic E-state index is 0.506. The van der Waals surface area contributed by atoms with E-state index in [0.717, 1.165) is 22.7 Å². The number of nitrogens with zero attached hydrogens (tertiary/aromatic N) is 2. The number of hydrogen-bond acceptors (Lipinski definition) is 5. The Hall–Kier alpha value is -1.46. The molecule has 0 bridgehead atoms. The molecule has 0 saturated heterocycles. The van der Waals surface area contributed by atoms with Crippen LogP contribution in [0.25, 0.3) is 0 Å². The van der Waals surface area contributed by atoms with Crippen LogP contribution in [0.5, 0.6) is 10.9 Å². The first-order chi connectivity index (χ1) is 7.69. The Kier molecular flexibility index (Phi) is 3.17. The molecule has 0 saturated carbocycles. The van der Waals surface area contributed by atoms with Crippen molar-refractivity contribution in [3.8, 4) is 10.9 Å². The fourth-order valence-corrected chi connectivity index (χ4v) is 1.85. The van der Waals surface area contributed by atoms with E-state index in [0.29, 0.717) is 11.7 Å². The minimum absolute atomic E-state index is 0.506. The molecule has 4 nitrogen and oxygen atoms in total. The van der Waals surface area contributed by atoms with Crippen LogP contribution in [0.1, 0.15) is 17.0 Å². The van der Waals surface area contributed by atoms with E-state index in [2.05, 4.69) is 9.36 Å². The average molecular weight is 235 g/mol. The Bertz CT molecular complexity index is 496. The van der Waals surface area contributed by atoms with Crippen LogP contribution in [0.4, 0.5) is 0 Å². The number of hydrogen-bond donors (Lipinski definition) is 1. The van der Waals surface area contributed by atoms with E-state index in [9.17, 15) is 0 Å². The van der Waals surface area contributed by atoms with Crippen molar-refractivity contribution in [1.29, 1.82) is 0 Å². The van der Waals surface area contributed by atoms with Crippen molar-refractivity contribution >= 4 is 11.5 Å². The number of aryl methyl sites for hydroxylation is 2. The molecule has 2 N–H and O–H groups in total. The highest BCUT2D eigenvalue weighted by molar-refractivity contribution is 7.07. The van der Waals surface area contributed by atoms with Crippen LogP contribution in [0.2, 0.25) is 0 Å². The number of nitrogens with two attached hydrogens (primary N) is 1. The van der Waals surface area contributed by atoms with Crippen LogP contribution in [0.15, 0.2) is 18.2 Å². The van der Waals surface area contributed by atoms with Crippen molar-refractivity contribution in [2.75, 3.05) is 0 Å². The Balaban J connectivity index is 2.26. The van der Waals surface area contributed by atoms with Crippen LogP contribution >= 0.6 is 11.5 Å². The highest BCUT2D eigenvalue weighted by atomic mass is 32.1. The van der Waals surface area contributed by atoms with E-state index in [4.69, 9.17) is 10.5 Å². The van der Waals surface area contributed by atoms with Crippen molar-refractivity contribution in [3.63, 3.8) is 0 Å². The summed E-state index contributed by atoms with van der Waals surface area (Å²) in [6.45, 7) is 4.34. The zero-order chi connectivity index (χ0) is 11.5. The van der Waals surface area contributed by atoms with Gasteiger partial charge >= 0.3 is 0 Å². The van der Waals surface area contributed by atoms with Crippen LogP contribution in [0, 0.1) is 13.8 Å². The summed E-state index contributed by atoms with van der Waals surface area (Å²) in [5, 5.41) is 0.565. The molecule has 2 aromatic rings. The second-order valence-electron chi connectivity index (χ2n) is 3.51. The molecule has 1 aromatic heterocycles. The molecule has 0 aliphatic carbocycles. The number of benzene rings is 1. The lowest BCUT2D eigenvalue weighted by atomic mass is 10.1. The van der Waals surface area contributed by atoms with Gasteiger partial charge in [-0.25, -0.2) is 0 Å². The molecule has 0 amide bonds. The summed E-state index contributed by atoms with van der Waals surface area (Å²) in [7, 11) is 0. The molecule has 2 rings (SSSR count). The maximum atomic E-state index is 5.66. The van der Waals surface area contributed by atoms with Gasteiger partial charge in [-0.3, -0.25) is 0 Å². The smallest absolute Gasteiger partial charge is 0.298 e. The summed E-state index contributed by atoms with van der Waals surface area (Å²) >= 11 is 1.25. The standard InChI is InChI=1S/C11H13N3OS/c1-7-3-4-9(6-12)5-10(7)15-11-13-8(2)14-16-11/h3-5H,6,12H2,1-2H3. The summed E-state index contributed by atoms with van der Waals surface area (Å²) in [6, 6.07) is 5.92. The van der Waals surface area contributed by atoms with Gasteiger partial charge in [0.1, 0.15) is 11.6 Å². The summed E-state index contributed by atoms with van der Waals surface area (Å²) in [6.07, 6.45) is 0. The summed E-state index contributed by atoms with van der Waals surface area (Å²) < 4.78 is 9.73. The van der Waals surface area contributed by atoms with Crippen molar-refractivity contribution in [2.45, 2.75) is 20.4 Å². The topological polar surface area (TPSA) is 61.0 Å². The van der Waals surface area contributed by atoms with Gasteiger partial charge in [-0.15, -0.1) is 0 Å². The van der Waals surface area contributed by atoms with E-state index in [1.54, 1.807) is 0 Å². The summed E-state index contributed by atoms with van der Waals surface area (Å²) in [5.41, 5.74) is 7.69. The first-order valence-corrected chi connectivity index (χ1v) is 5.74. The second-order valence-corrected chi connectivity index (χ2v) is 4.23. The monoisotopic (exact) mass is 235 g/mol. The molecule has 0 radical (unpaired) electrons. The maximum absolute atomic E-state index is 5.66. The van der Waals surface area contributed by atoms with Gasteiger partial charge in [0, 0.05) is 18.1 Å². The third-order valence-electron chi connectivity index (χ3n) is 2.19. The van der Waals surface area contributed by atoms with Crippen molar-refractivity contribution in [1.82, 2.24) is 9.36 Å². The second kappa shape index (κ2) is 4.59. The number of ether oxygens (including phenoxy) is 1. The first-order valence-electron chi connectivity index (χ1n) is 4.97. The van der Waals surface area contributed by atoms with Crippen molar-refractivity contribution in [2.24, 2.45) is 5.73 Å².